The van der Waals surface area contributed by atoms with E-state index in [0.29, 0.717) is 30.3 Å². The number of cyclic esters (lactones) is 1. The molecule has 1 aliphatic carbocycles. The zero-order chi connectivity index (χ0) is 20.5. The molecule has 0 aromatic heterocycles. The largest absolute Gasteiger partial charge is 0.496 e. The van der Waals surface area contributed by atoms with Gasteiger partial charge in [-0.15, -0.1) is 0 Å². The highest BCUT2D eigenvalue weighted by Crippen LogP contribution is 2.43. The molecular weight excluding hydrogens is 372 g/mol. The molecule has 1 aromatic rings. The lowest BCUT2D eigenvalue weighted by molar-refractivity contribution is 0.0532. The minimum absolute atomic E-state index is 0.0742. The third-order valence-electron chi connectivity index (χ3n) is 5.58. The molecule has 0 bridgehead atoms. The molecule has 0 saturated heterocycles. The second-order valence-corrected chi connectivity index (χ2v) is 14.6. The summed E-state index contributed by atoms with van der Waals surface area (Å²) in [6.07, 6.45) is 4.92. The normalized spacial score (nSPS) is 16.8. The van der Waals surface area contributed by atoms with Crippen molar-refractivity contribution in [3.63, 3.8) is 0 Å². The van der Waals surface area contributed by atoms with Gasteiger partial charge in [0.05, 0.1) is 20.3 Å². The Bertz CT molecular complexity index is 787. The van der Waals surface area contributed by atoms with E-state index in [1.165, 1.54) is 0 Å². The Hall–Kier alpha value is -1.79. The monoisotopic (exact) mass is 404 g/mol. The molecular formula is C22H32O5Si. The molecule has 1 aromatic carbocycles. The molecule has 1 N–H and O–H groups in total. The van der Waals surface area contributed by atoms with E-state index in [1.54, 1.807) is 7.11 Å². The number of allylic oxidation sites excluding steroid dienone is 1. The van der Waals surface area contributed by atoms with E-state index in [4.69, 9.17) is 14.2 Å². The standard InChI is InChI=1S/C22H32O5Si/c1-14-18-13-27-22(24)19(18)21(26-10-11-28(3,4)5)17(20(14)25-2)9-8-16(12-23)15-6-7-15/h8,15,23H,6-7,9-13H2,1-5H3/b16-8-. The first kappa shape index (κ1) is 20.9. The first-order chi connectivity index (χ1) is 13.3. The van der Waals surface area contributed by atoms with E-state index in [9.17, 15) is 9.90 Å². The van der Waals surface area contributed by atoms with E-state index < -0.39 is 8.07 Å². The number of methoxy groups -OCH3 is 1. The van der Waals surface area contributed by atoms with Gasteiger partial charge in [-0.05, 0) is 49.3 Å². The van der Waals surface area contributed by atoms with Crippen molar-refractivity contribution in [3.8, 4) is 11.5 Å². The molecule has 1 aliphatic heterocycles. The van der Waals surface area contributed by atoms with Crippen LogP contribution in [0.1, 0.15) is 39.9 Å². The zero-order valence-corrected chi connectivity index (χ0v) is 18.7. The Morgan fingerprint density at radius 2 is 2.00 bits per heavy atom. The van der Waals surface area contributed by atoms with Crippen LogP contribution < -0.4 is 9.47 Å². The van der Waals surface area contributed by atoms with Crippen LogP contribution in [0.25, 0.3) is 0 Å². The van der Waals surface area contributed by atoms with Crippen LogP contribution in [0.3, 0.4) is 0 Å². The number of ether oxygens (including phenoxy) is 3. The average Bonchev–Trinajstić information content (AvgIpc) is 3.39. The van der Waals surface area contributed by atoms with Crippen LogP contribution in [0.5, 0.6) is 11.5 Å². The number of hydrogen-bond donors (Lipinski definition) is 1. The molecule has 28 heavy (non-hydrogen) atoms. The van der Waals surface area contributed by atoms with E-state index in [1.807, 2.05) is 6.92 Å². The first-order valence-electron chi connectivity index (χ1n) is 10.1. The number of aliphatic hydroxyl groups excluding tert-OH is 1. The molecule has 0 unspecified atom stereocenters. The summed E-state index contributed by atoms with van der Waals surface area (Å²) >= 11 is 0. The van der Waals surface area contributed by atoms with E-state index in [0.717, 1.165) is 46.9 Å². The number of fused-ring (bicyclic) bond motifs is 1. The number of aliphatic hydroxyl groups is 1. The van der Waals surface area contributed by atoms with Gasteiger partial charge in [0.15, 0.2) is 0 Å². The number of benzene rings is 1. The predicted molar refractivity (Wildman–Crippen MR) is 112 cm³/mol. The van der Waals surface area contributed by atoms with Crippen molar-refractivity contribution < 1.29 is 24.1 Å². The van der Waals surface area contributed by atoms with Crippen LogP contribution in [-0.4, -0.2) is 39.5 Å². The van der Waals surface area contributed by atoms with Crippen LogP contribution in [-0.2, 0) is 17.8 Å². The van der Waals surface area contributed by atoms with Crippen LogP contribution in [0, 0.1) is 12.8 Å². The summed E-state index contributed by atoms with van der Waals surface area (Å²) in [5, 5.41) is 9.69. The minimum atomic E-state index is -1.27. The van der Waals surface area contributed by atoms with Crippen LogP contribution >= 0.6 is 0 Å². The lowest BCUT2D eigenvalue weighted by atomic mass is 9.94. The molecule has 0 spiro atoms. The van der Waals surface area contributed by atoms with Gasteiger partial charge in [-0.2, -0.15) is 0 Å². The maximum atomic E-state index is 12.5. The van der Waals surface area contributed by atoms with Crippen LogP contribution in [0.15, 0.2) is 11.6 Å². The Kier molecular flexibility index (Phi) is 6.20. The van der Waals surface area contributed by atoms with Crippen molar-refractivity contribution in [3.05, 3.63) is 33.9 Å². The maximum absolute atomic E-state index is 12.5. The Balaban J connectivity index is 2.02. The lowest BCUT2D eigenvalue weighted by Crippen LogP contribution is -2.23. The molecule has 0 radical (unpaired) electrons. The summed E-state index contributed by atoms with van der Waals surface area (Å²) in [6, 6.07) is 1.01. The summed E-state index contributed by atoms with van der Waals surface area (Å²) in [5.41, 5.74) is 4.29. The second kappa shape index (κ2) is 8.29. The third-order valence-corrected chi connectivity index (χ3v) is 7.28. The number of carbonyl (C=O) groups excluding carboxylic acids is 1. The number of esters is 1. The Morgan fingerprint density at radius 1 is 1.29 bits per heavy atom. The van der Waals surface area contributed by atoms with E-state index >= 15 is 0 Å². The van der Waals surface area contributed by atoms with Gasteiger partial charge < -0.3 is 19.3 Å². The summed E-state index contributed by atoms with van der Waals surface area (Å²) < 4.78 is 17.3. The number of hydrogen-bond acceptors (Lipinski definition) is 5. The van der Waals surface area contributed by atoms with E-state index in [2.05, 4.69) is 25.7 Å². The first-order valence-corrected chi connectivity index (χ1v) is 13.8. The van der Waals surface area contributed by atoms with Crippen molar-refractivity contribution in [1.82, 2.24) is 0 Å². The number of rotatable bonds is 9. The smallest absolute Gasteiger partial charge is 0.342 e. The van der Waals surface area contributed by atoms with Gasteiger partial charge in [0.25, 0.3) is 0 Å². The van der Waals surface area contributed by atoms with Crippen LogP contribution in [0.4, 0.5) is 0 Å². The molecule has 1 heterocycles. The fourth-order valence-corrected chi connectivity index (χ4v) is 4.39. The fraction of sp³-hybridized carbons (Fsp3) is 0.591. The van der Waals surface area contributed by atoms with E-state index in [-0.39, 0.29) is 19.2 Å². The summed E-state index contributed by atoms with van der Waals surface area (Å²) in [5.74, 6) is 1.53. The minimum Gasteiger partial charge on any atom is -0.496 e. The molecule has 3 rings (SSSR count). The fourth-order valence-electron chi connectivity index (χ4n) is 3.68. The van der Waals surface area contributed by atoms with Gasteiger partial charge in [0.1, 0.15) is 23.7 Å². The maximum Gasteiger partial charge on any atom is 0.342 e. The number of carbonyl (C=O) groups is 1. The molecule has 154 valence electrons. The lowest BCUT2D eigenvalue weighted by Gasteiger charge is -2.21. The second-order valence-electron chi connectivity index (χ2n) is 8.97. The van der Waals surface area contributed by atoms with Gasteiger partial charge >= 0.3 is 5.97 Å². The highest BCUT2D eigenvalue weighted by molar-refractivity contribution is 6.76. The summed E-state index contributed by atoms with van der Waals surface area (Å²) in [7, 11) is 0.382. The van der Waals surface area contributed by atoms with Gasteiger partial charge in [0, 0.05) is 19.2 Å². The van der Waals surface area contributed by atoms with Gasteiger partial charge in [-0.3, -0.25) is 0 Å². The van der Waals surface area contributed by atoms with Crippen molar-refractivity contribution in [2.45, 2.75) is 58.5 Å². The van der Waals surface area contributed by atoms with Crippen LogP contribution in [0.2, 0.25) is 25.7 Å². The van der Waals surface area contributed by atoms with Gasteiger partial charge in [0.2, 0.25) is 0 Å². The molecule has 5 nitrogen and oxygen atoms in total. The molecule has 1 saturated carbocycles. The van der Waals surface area contributed by atoms with Gasteiger partial charge in [-0.1, -0.05) is 25.7 Å². The van der Waals surface area contributed by atoms with Gasteiger partial charge in [-0.25, -0.2) is 4.79 Å². The zero-order valence-electron chi connectivity index (χ0n) is 17.7. The van der Waals surface area contributed by atoms with Crippen molar-refractivity contribution in [2.75, 3.05) is 20.3 Å². The van der Waals surface area contributed by atoms with Crippen molar-refractivity contribution in [1.29, 1.82) is 0 Å². The van der Waals surface area contributed by atoms with Crippen molar-refractivity contribution >= 4 is 14.0 Å². The predicted octanol–water partition coefficient (Wildman–Crippen LogP) is 4.26. The SMILES string of the molecule is COc1c(C)c2c(c(OCC[Si](C)(C)C)c1C/C=C(/CO)C1CC1)C(=O)OC2. The Morgan fingerprint density at radius 3 is 2.57 bits per heavy atom. The molecule has 1 fully saturated rings. The topological polar surface area (TPSA) is 65.0 Å². The molecule has 6 heteroatoms. The summed E-state index contributed by atoms with van der Waals surface area (Å²) in [4.78, 5) is 12.5. The molecule has 0 amide bonds. The van der Waals surface area contributed by atoms with Crippen molar-refractivity contribution in [2.24, 2.45) is 5.92 Å². The summed E-state index contributed by atoms with van der Waals surface area (Å²) in [6.45, 7) is 9.79. The quantitative estimate of drug-likeness (QED) is 0.378. The average molecular weight is 405 g/mol. The third kappa shape index (κ3) is 4.44. The molecule has 2 aliphatic rings. The highest BCUT2D eigenvalue weighted by Gasteiger charge is 2.33. The Labute approximate surface area is 168 Å². The molecule has 0 atom stereocenters. The highest BCUT2D eigenvalue weighted by atomic mass is 28.3.